The molecule has 1 saturated heterocycles. The predicted molar refractivity (Wildman–Crippen MR) is 96.8 cm³/mol. The van der Waals surface area contributed by atoms with Gasteiger partial charge in [-0.2, -0.15) is 0 Å². The number of carbonyl (C=O) groups excluding carboxylic acids is 1. The van der Waals surface area contributed by atoms with Crippen molar-refractivity contribution in [3.05, 3.63) is 63.6 Å². The maximum absolute atomic E-state index is 12.0. The second-order valence-corrected chi connectivity index (χ2v) is 6.78. The molecule has 0 saturated carbocycles. The molecule has 3 nitrogen and oxygen atoms in total. The topological polar surface area (TPSA) is 29.5 Å². The van der Waals surface area contributed by atoms with Gasteiger partial charge in [0.1, 0.15) is 11.5 Å². The third-order valence-electron chi connectivity index (χ3n) is 4.42. The van der Waals surface area contributed by atoms with Gasteiger partial charge in [0, 0.05) is 43.6 Å². The number of rotatable bonds is 4. The fourth-order valence-corrected chi connectivity index (χ4v) is 3.51. The number of benzene rings is 2. The maximum Gasteiger partial charge on any atom is 0.136 e. The zero-order chi connectivity index (χ0) is 17.1. The Morgan fingerprint density at radius 1 is 1.17 bits per heavy atom. The van der Waals surface area contributed by atoms with Gasteiger partial charge in [0.2, 0.25) is 0 Å². The lowest BCUT2D eigenvalue weighted by atomic mass is 9.94. The highest BCUT2D eigenvalue weighted by Gasteiger charge is 2.29. The number of ether oxygens (including phenoxy) is 1. The zero-order valence-corrected chi connectivity index (χ0v) is 15.0. The molecule has 0 radical (unpaired) electrons. The molecule has 0 amide bonds. The highest BCUT2D eigenvalue weighted by atomic mass is 35.5. The summed E-state index contributed by atoms with van der Waals surface area (Å²) in [4.78, 5) is 14.3. The summed E-state index contributed by atoms with van der Waals surface area (Å²) in [5, 5.41) is 0.988. The number of halogens is 2. The summed E-state index contributed by atoms with van der Waals surface area (Å²) in [5.74, 6) is 1.02. The molecule has 0 aliphatic carbocycles. The number of Topliss-reactive ketones (excluding diaryl/α,β-unsaturated/α-hetero) is 1. The van der Waals surface area contributed by atoms with Crippen LogP contribution in [0.25, 0.3) is 0 Å². The zero-order valence-electron chi connectivity index (χ0n) is 13.5. The smallest absolute Gasteiger partial charge is 0.136 e. The molecule has 1 atom stereocenters. The molecule has 1 aliphatic heterocycles. The van der Waals surface area contributed by atoms with Crippen LogP contribution >= 0.6 is 23.2 Å². The monoisotopic (exact) mass is 363 g/mol. The van der Waals surface area contributed by atoms with E-state index < -0.39 is 0 Å². The van der Waals surface area contributed by atoms with Gasteiger partial charge in [-0.3, -0.25) is 9.69 Å². The summed E-state index contributed by atoms with van der Waals surface area (Å²) in [7, 11) is 1.62. The van der Waals surface area contributed by atoms with E-state index in [-0.39, 0.29) is 6.04 Å². The van der Waals surface area contributed by atoms with Crippen molar-refractivity contribution in [2.24, 2.45) is 0 Å². The average Bonchev–Trinajstić information content (AvgIpc) is 2.60. The first-order valence-electron chi connectivity index (χ1n) is 7.91. The number of carbonyl (C=O) groups is 1. The number of hydrogen-bond donors (Lipinski definition) is 0. The molecule has 0 spiro atoms. The van der Waals surface area contributed by atoms with Gasteiger partial charge in [-0.1, -0.05) is 53.5 Å². The lowest BCUT2D eigenvalue weighted by Gasteiger charge is -2.35. The fourth-order valence-electron chi connectivity index (χ4n) is 3.17. The molecule has 1 fully saturated rings. The standard InChI is InChI=1S/C19H19Cl2NO2/c1-24-19-11-17(21)16(20)9-14(19)12-22-8-7-15(23)10-18(22)13-5-3-2-4-6-13/h2-6,9,11,18H,7-8,10,12H2,1H3. The van der Waals surface area contributed by atoms with Gasteiger partial charge in [0.15, 0.2) is 0 Å². The molecule has 3 rings (SSSR count). The molecular weight excluding hydrogens is 345 g/mol. The Balaban J connectivity index is 1.90. The Bertz CT molecular complexity index is 734. The van der Waals surface area contributed by atoms with E-state index in [4.69, 9.17) is 27.9 Å². The van der Waals surface area contributed by atoms with E-state index >= 15 is 0 Å². The van der Waals surface area contributed by atoms with Gasteiger partial charge < -0.3 is 4.74 Å². The summed E-state index contributed by atoms with van der Waals surface area (Å²) >= 11 is 12.3. The molecule has 1 unspecified atom stereocenters. The second kappa shape index (κ2) is 7.56. The third-order valence-corrected chi connectivity index (χ3v) is 5.14. The number of ketones is 1. The van der Waals surface area contributed by atoms with Crippen molar-refractivity contribution in [2.75, 3.05) is 13.7 Å². The van der Waals surface area contributed by atoms with Crippen LogP contribution in [0, 0.1) is 0 Å². The number of likely N-dealkylation sites (tertiary alicyclic amines) is 1. The second-order valence-electron chi connectivity index (χ2n) is 5.97. The van der Waals surface area contributed by atoms with E-state index in [9.17, 15) is 4.79 Å². The largest absolute Gasteiger partial charge is 0.496 e. The molecule has 24 heavy (non-hydrogen) atoms. The molecule has 5 heteroatoms. The quantitative estimate of drug-likeness (QED) is 0.772. The van der Waals surface area contributed by atoms with Crippen LogP contribution in [0.1, 0.15) is 30.0 Å². The van der Waals surface area contributed by atoms with Gasteiger partial charge in [0.05, 0.1) is 17.2 Å². The van der Waals surface area contributed by atoms with Crippen molar-refractivity contribution >= 4 is 29.0 Å². The van der Waals surface area contributed by atoms with Gasteiger partial charge in [-0.15, -0.1) is 0 Å². The Kier molecular flexibility index (Phi) is 5.44. The fraction of sp³-hybridized carbons (Fsp3) is 0.316. The Morgan fingerprint density at radius 2 is 1.88 bits per heavy atom. The number of nitrogens with zero attached hydrogens (tertiary/aromatic N) is 1. The molecular formula is C19H19Cl2NO2. The molecule has 0 N–H and O–H groups in total. The lowest BCUT2D eigenvalue weighted by Crippen LogP contribution is -2.36. The highest BCUT2D eigenvalue weighted by molar-refractivity contribution is 6.42. The normalized spacial score (nSPS) is 18.6. The van der Waals surface area contributed by atoms with E-state index in [1.807, 2.05) is 24.3 Å². The summed E-state index contributed by atoms with van der Waals surface area (Å²) in [6.45, 7) is 1.38. The van der Waals surface area contributed by atoms with Crippen molar-refractivity contribution < 1.29 is 9.53 Å². The minimum Gasteiger partial charge on any atom is -0.496 e. The van der Waals surface area contributed by atoms with Crippen molar-refractivity contribution in [3.63, 3.8) is 0 Å². The molecule has 2 aromatic rings. The highest BCUT2D eigenvalue weighted by Crippen LogP contribution is 2.35. The molecule has 2 aromatic carbocycles. The van der Waals surface area contributed by atoms with E-state index in [1.165, 1.54) is 0 Å². The first-order valence-corrected chi connectivity index (χ1v) is 8.66. The third kappa shape index (κ3) is 3.75. The van der Waals surface area contributed by atoms with Crippen molar-refractivity contribution in [1.82, 2.24) is 4.90 Å². The molecule has 0 aromatic heterocycles. The average molecular weight is 364 g/mol. The number of hydrogen-bond acceptors (Lipinski definition) is 3. The van der Waals surface area contributed by atoms with Crippen molar-refractivity contribution in [1.29, 1.82) is 0 Å². The van der Waals surface area contributed by atoms with Crippen molar-refractivity contribution in [2.45, 2.75) is 25.4 Å². The molecule has 1 aliphatic rings. The lowest BCUT2D eigenvalue weighted by molar-refractivity contribution is -0.123. The van der Waals surface area contributed by atoms with Crippen LogP contribution < -0.4 is 4.74 Å². The maximum atomic E-state index is 12.0. The van der Waals surface area contributed by atoms with Gasteiger partial charge in [-0.25, -0.2) is 0 Å². The van der Waals surface area contributed by atoms with Crippen LogP contribution in [-0.4, -0.2) is 24.3 Å². The minimum atomic E-state index is 0.0756. The van der Waals surface area contributed by atoms with Crippen LogP contribution in [-0.2, 0) is 11.3 Å². The van der Waals surface area contributed by atoms with Crippen LogP contribution in [0.4, 0.5) is 0 Å². The molecule has 1 heterocycles. The van der Waals surface area contributed by atoms with E-state index in [1.54, 1.807) is 13.2 Å². The van der Waals surface area contributed by atoms with Crippen LogP contribution in [0.5, 0.6) is 5.75 Å². The van der Waals surface area contributed by atoms with E-state index in [2.05, 4.69) is 17.0 Å². The van der Waals surface area contributed by atoms with Crippen LogP contribution in [0.2, 0.25) is 10.0 Å². The van der Waals surface area contributed by atoms with Crippen molar-refractivity contribution in [3.8, 4) is 5.75 Å². The van der Waals surface area contributed by atoms with Crippen LogP contribution in [0.3, 0.4) is 0 Å². The Morgan fingerprint density at radius 3 is 2.58 bits per heavy atom. The summed E-state index contributed by atoms with van der Waals surface area (Å²) in [5.41, 5.74) is 2.13. The number of methoxy groups -OCH3 is 1. The van der Waals surface area contributed by atoms with E-state index in [0.717, 1.165) is 17.7 Å². The Hall–Kier alpha value is -1.55. The van der Waals surface area contributed by atoms with Gasteiger partial charge in [0.25, 0.3) is 0 Å². The minimum absolute atomic E-state index is 0.0756. The predicted octanol–water partition coefficient (Wildman–Crippen LogP) is 4.91. The summed E-state index contributed by atoms with van der Waals surface area (Å²) < 4.78 is 5.45. The van der Waals surface area contributed by atoms with E-state index in [0.29, 0.717) is 41.0 Å². The SMILES string of the molecule is COc1cc(Cl)c(Cl)cc1CN1CCC(=O)CC1c1ccccc1. The first kappa shape index (κ1) is 17.3. The van der Waals surface area contributed by atoms with Gasteiger partial charge in [-0.05, 0) is 11.6 Å². The summed E-state index contributed by atoms with van der Waals surface area (Å²) in [6, 6.07) is 13.8. The van der Waals surface area contributed by atoms with Gasteiger partial charge >= 0.3 is 0 Å². The Labute approximate surface area is 152 Å². The molecule has 0 bridgehead atoms. The summed E-state index contributed by atoms with van der Waals surface area (Å²) in [6.07, 6.45) is 1.11. The van der Waals surface area contributed by atoms with Crippen LogP contribution in [0.15, 0.2) is 42.5 Å². The first-order chi connectivity index (χ1) is 11.6. The number of piperidine rings is 1. The molecule has 126 valence electrons.